The Bertz CT molecular complexity index is 569. The standard InChI is InChI=1S/C18H27FN2O2/c1-12-10-14(19)6-7-15(12)16(20-5)13-8-9-21(11-13)17(22)23-18(2,3)4/h6-7,10,13,16,20H,8-9,11H2,1-5H3. The first-order valence-electron chi connectivity index (χ1n) is 8.12. The van der Waals surface area contributed by atoms with Crippen LogP contribution in [0, 0.1) is 18.7 Å². The number of benzene rings is 1. The van der Waals surface area contributed by atoms with E-state index in [2.05, 4.69) is 5.32 Å². The van der Waals surface area contributed by atoms with Crippen molar-refractivity contribution in [2.75, 3.05) is 20.1 Å². The van der Waals surface area contributed by atoms with Gasteiger partial charge in [-0.15, -0.1) is 0 Å². The van der Waals surface area contributed by atoms with Gasteiger partial charge in [0.25, 0.3) is 0 Å². The van der Waals surface area contributed by atoms with Gasteiger partial charge in [-0.05, 0) is 70.3 Å². The second-order valence-corrected chi connectivity index (χ2v) is 7.24. The lowest BCUT2D eigenvalue weighted by Gasteiger charge is -2.27. The van der Waals surface area contributed by atoms with E-state index in [-0.39, 0.29) is 23.9 Å². The van der Waals surface area contributed by atoms with E-state index < -0.39 is 5.60 Å². The Hall–Kier alpha value is -1.62. The second kappa shape index (κ2) is 6.87. The van der Waals surface area contributed by atoms with Gasteiger partial charge in [0, 0.05) is 19.1 Å². The maximum Gasteiger partial charge on any atom is 0.410 e. The number of carbonyl (C=O) groups excluding carboxylic acids is 1. The summed E-state index contributed by atoms with van der Waals surface area (Å²) in [5.74, 6) is 0.0691. The van der Waals surface area contributed by atoms with Crippen LogP contribution in [0.3, 0.4) is 0 Å². The third kappa shape index (κ3) is 4.44. The van der Waals surface area contributed by atoms with Crippen LogP contribution in [0.25, 0.3) is 0 Å². The zero-order valence-electron chi connectivity index (χ0n) is 14.6. The predicted molar refractivity (Wildman–Crippen MR) is 88.9 cm³/mol. The van der Waals surface area contributed by atoms with Crippen molar-refractivity contribution in [2.24, 2.45) is 5.92 Å². The highest BCUT2D eigenvalue weighted by Gasteiger charge is 2.34. The number of amides is 1. The highest BCUT2D eigenvalue weighted by Crippen LogP contribution is 2.32. The normalized spacial score (nSPS) is 19.7. The van der Waals surface area contributed by atoms with Crippen molar-refractivity contribution in [3.05, 3.63) is 35.1 Å². The van der Waals surface area contributed by atoms with Crippen LogP contribution in [0.2, 0.25) is 0 Å². The topological polar surface area (TPSA) is 41.6 Å². The fraction of sp³-hybridized carbons (Fsp3) is 0.611. The van der Waals surface area contributed by atoms with Gasteiger partial charge in [-0.25, -0.2) is 9.18 Å². The summed E-state index contributed by atoms with van der Waals surface area (Å²) < 4.78 is 18.8. The van der Waals surface area contributed by atoms with Crippen LogP contribution >= 0.6 is 0 Å². The minimum absolute atomic E-state index is 0.100. The molecule has 1 amide bonds. The van der Waals surface area contributed by atoms with Gasteiger partial charge in [-0.3, -0.25) is 0 Å². The van der Waals surface area contributed by atoms with Crippen LogP contribution in [-0.4, -0.2) is 36.7 Å². The van der Waals surface area contributed by atoms with Gasteiger partial charge >= 0.3 is 6.09 Å². The monoisotopic (exact) mass is 322 g/mol. The van der Waals surface area contributed by atoms with Crippen molar-refractivity contribution in [2.45, 2.75) is 45.8 Å². The quantitative estimate of drug-likeness (QED) is 0.923. The fourth-order valence-corrected chi connectivity index (χ4v) is 3.18. The number of carbonyl (C=O) groups is 1. The second-order valence-electron chi connectivity index (χ2n) is 7.24. The zero-order chi connectivity index (χ0) is 17.2. The summed E-state index contributed by atoms with van der Waals surface area (Å²) in [6.45, 7) is 8.88. The van der Waals surface area contributed by atoms with Crippen LogP contribution in [-0.2, 0) is 4.74 Å². The lowest BCUT2D eigenvalue weighted by molar-refractivity contribution is 0.0285. The molecule has 1 fully saturated rings. The molecule has 4 nitrogen and oxygen atoms in total. The Morgan fingerprint density at radius 1 is 1.43 bits per heavy atom. The van der Waals surface area contributed by atoms with E-state index in [4.69, 9.17) is 4.74 Å². The molecular weight excluding hydrogens is 295 g/mol. The van der Waals surface area contributed by atoms with Gasteiger partial charge < -0.3 is 15.0 Å². The first-order chi connectivity index (χ1) is 10.7. The largest absolute Gasteiger partial charge is 0.444 e. The Morgan fingerprint density at radius 2 is 2.13 bits per heavy atom. The average Bonchev–Trinajstić information content (AvgIpc) is 2.90. The third-order valence-electron chi connectivity index (χ3n) is 4.23. The Balaban J connectivity index is 2.08. The van der Waals surface area contributed by atoms with Crippen molar-refractivity contribution in [3.63, 3.8) is 0 Å². The minimum atomic E-state index is -0.481. The van der Waals surface area contributed by atoms with Crippen molar-refractivity contribution in [3.8, 4) is 0 Å². The van der Waals surface area contributed by atoms with Gasteiger partial charge in [0.2, 0.25) is 0 Å². The van der Waals surface area contributed by atoms with Crippen molar-refractivity contribution >= 4 is 6.09 Å². The number of nitrogens with one attached hydrogen (secondary N) is 1. The average molecular weight is 322 g/mol. The third-order valence-corrected chi connectivity index (χ3v) is 4.23. The maximum absolute atomic E-state index is 13.3. The molecule has 23 heavy (non-hydrogen) atoms. The van der Waals surface area contributed by atoms with Crippen LogP contribution < -0.4 is 5.32 Å². The molecule has 0 bridgehead atoms. The number of rotatable bonds is 3. The molecule has 5 heteroatoms. The van der Waals surface area contributed by atoms with E-state index in [0.717, 1.165) is 17.5 Å². The SMILES string of the molecule is CNC(c1ccc(F)cc1C)C1CCN(C(=O)OC(C)(C)C)C1. The summed E-state index contributed by atoms with van der Waals surface area (Å²) in [5, 5.41) is 3.33. The van der Waals surface area contributed by atoms with E-state index in [1.54, 1.807) is 11.0 Å². The summed E-state index contributed by atoms with van der Waals surface area (Å²) in [6.07, 6.45) is 0.646. The molecule has 2 rings (SSSR count). The number of halogens is 1. The highest BCUT2D eigenvalue weighted by molar-refractivity contribution is 5.68. The van der Waals surface area contributed by atoms with E-state index in [1.165, 1.54) is 6.07 Å². The molecule has 1 N–H and O–H groups in total. The summed E-state index contributed by atoms with van der Waals surface area (Å²) in [6, 6.07) is 4.98. The van der Waals surface area contributed by atoms with Crippen molar-refractivity contribution in [1.82, 2.24) is 10.2 Å². The minimum Gasteiger partial charge on any atom is -0.444 e. The van der Waals surface area contributed by atoms with Gasteiger partial charge in [-0.2, -0.15) is 0 Å². The molecule has 1 aliphatic heterocycles. The molecule has 1 heterocycles. The number of nitrogens with zero attached hydrogens (tertiary/aromatic N) is 1. The predicted octanol–water partition coefficient (Wildman–Crippen LogP) is 3.65. The fourth-order valence-electron chi connectivity index (χ4n) is 3.18. The Kier molecular flexibility index (Phi) is 5.30. The summed E-state index contributed by atoms with van der Waals surface area (Å²) in [7, 11) is 1.91. The van der Waals surface area contributed by atoms with E-state index in [1.807, 2.05) is 40.8 Å². The maximum atomic E-state index is 13.3. The van der Waals surface area contributed by atoms with E-state index in [9.17, 15) is 9.18 Å². The lowest BCUT2D eigenvalue weighted by atomic mass is 9.90. The van der Waals surface area contributed by atoms with E-state index >= 15 is 0 Å². The number of aryl methyl sites for hydroxylation is 1. The number of likely N-dealkylation sites (tertiary alicyclic amines) is 1. The van der Waals surface area contributed by atoms with Crippen LogP contribution in [0.5, 0.6) is 0 Å². The molecule has 1 aliphatic rings. The van der Waals surface area contributed by atoms with Crippen LogP contribution in [0.4, 0.5) is 9.18 Å². The van der Waals surface area contributed by atoms with Crippen LogP contribution in [0.1, 0.15) is 44.4 Å². The first-order valence-corrected chi connectivity index (χ1v) is 8.12. The molecule has 2 unspecified atom stereocenters. The number of hydrogen-bond donors (Lipinski definition) is 1. The zero-order valence-corrected chi connectivity index (χ0v) is 14.6. The molecule has 1 saturated heterocycles. The summed E-state index contributed by atoms with van der Waals surface area (Å²) >= 11 is 0. The van der Waals surface area contributed by atoms with Crippen molar-refractivity contribution in [1.29, 1.82) is 0 Å². The molecule has 0 aliphatic carbocycles. The molecule has 0 radical (unpaired) electrons. The number of ether oxygens (including phenoxy) is 1. The lowest BCUT2D eigenvalue weighted by Crippen LogP contribution is -2.36. The van der Waals surface area contributed by atoms with Crippen molar-refractivity contribution < 1.29 is 13.9 Å². The van der Waals surface area contributed by atoms with Crippen LogP contribution in [0.15, 0.2) is 18.2 Å². The Morgan fingerprint density at radius 3 is 2.70 bits per heavy atom. The smallest absolute Gasteiger partial charge is 0.410 e. The molecule has 0 aromatic heterocycles. The molecule has 0 spiro atoms. The number of hydrogen-bond acceptors (Lipinski definition) is 3. The molecule has 1 aromatic rings. The Labute approximate surface area is 138 Å². The van der Waals surface area contributed by atoms with Gasteiger partial charge in [0.1, 0.15) is 11.4 Å². The molecule has 1 aromatic carbocycles. The van der Waals surface area contributed by atoms with Gasteiger partial charge in [0.15, 0.2) is 0 Å². The summed E-state index contributed by atoms with van der Waals surface area (Å²) in [5.41, 5.74) is 1.54. The molecule has 0 saturated carbocycles. The molecule has 2 atom stereocenters. The highest BCUT2D eigenvalue weighted by atomic mass is 19.1. The summed E-state index contributed by atoms with van der Waals surface area (Å²) in [4.78, 5) is 14.0. The first kappa shape index (κ1) is 17.7. The van der Waals surface area contributed by atoms with E-state index in [0.29, 0.717) is 13.1 Å². The molecule has 128 valence electrons. The molecular formula is C18H27FN2O2. The van der Waals surface area contributed by atoms with Gasteiger partial charge in [0.05, 0.1) is 0 Å². The van der Waals surface area contributed by atoms with Gasteiger partial charge in [-0.1, -0.05) is 6.07 Å².